The number of aryl methyl sites for hydroxylation is 3. The van der Waals surface area contributed by atoms with Crippen molar-refractivity contribution in [3.05, 3.63) is 70.5 Å². The molecule has 1 aliphatic rings. The second-order valence-corrected chi connectivity index (χ2v) is 8.56. The van der Waals surface area contributed by atoms with Gasteiger partial charge in [0.25, 0.3) is 5.91 Å². The molecule has 1 saturated heterocycles. The van der Waals surface area contributed by atoms with E-state index in [0.29, 0.717) is 42.8 Å². The molecular formula is C26H28N4O3. The Bertz CT molecular complexity index is 1210. The predicted molar refractivity (Wildman–Crippen MR) is 126 cm³/mol. The summed E-state index contributed by atoms with van der Waals surface area (Å²) in [5.74, 6) is -0.144. The third-order valence-electron chi connectivity index (χ3n) is 6.18. The third kappa shape index (κ3) is 5.08. The highest BCUT2D eigenvalue weighted by molar-refractivity contribution is 5.98. The van der Waals surface area contributed by atoms with Crippen molar-refractivity contribution in [1.29, 1.82) is 0 Å². The number of carbonyl (C=O) groups excluding carboxylic acids is 3. The Morgan fingerprint density at radius 3 is 1.97 bits per heavy atom. The summed E-state index contributed by atoms with van der Waals surface area (Å²) < 4.78 is 0. The van der Waals surface area contributed by atoms with Crippen LogP contribution in [0.15, 0.2) is 42.5 Å². The van der Waals surface area contributed by atoms with E-state index >= 15 is 0 Å². The first-order valence-electron chi connectivity index (χ1n) is 11.2. The second kappa shape index (κ2) is 9.48. The number of hydrogen-bond donors (Lipinski definition) is 0. The number of hydrogen-bond acceptors (Lipinski definition) is 5. The quantitative estimate of drug-likeness (QED) is 0.563. The van der Waals surface area contributed by atoms with Gasteiger partial charge in [-0.1, -0.05) is 29.8 Å². The van der Waals surface area contributed by atoms with Gasteiger partial charge in [-0.2, -0.15) is 0 Å². The predicted octanol–water partition coefficient (Wildman–Crippen LogP) is 3.50. The zero-order valence-corrected chi connectivity index (χ0v) is 19.3. The van der Waals surface area contributed by atoms with Crippen LogP contribution in [0.1, 0.15) is 50.5 Å². The molecule has 170 valence electrons. The molecule has 2 amide bonds. The van der Waals surface area contributed by atoms with Gasteiger partial charge in [0.15, 0.2) is 5.78 Å². The van der Waals surface area contributed by atoms with Crippen LogP contribution in [-0.2, 0) is 4.79 Å². The molecule has 0 radical (unpaired) electrons. The van der Waals surface area contributed by atoms with E-state index in [1.807, 2.05) is 39.0 Å². The van der Waals surface area contributed by atoms with Crippen LogP contribution in [0.5, 0.6) is 0 Å². The Hall–Kier alpha value is -3.61. The van der Waals surface area contributed by atoms with E-state index in [0.717, 1.165) is 22.5 Å². The lowest BCUT2D eigenvalue weighted by atomic mass is 10.0. The number of aromatic nitrogens is 2. The first-order valence-corrected chi connectivity index (χ1v) is 11.2. The first-order chi connectivity index (χ1) is 15.8. The summed E-state index contributed by atoms with van der Waals surface area (Å²) in [5.41, 5.74) is 5.50. The summed E-state index contributed by atoms with van der Waals surface area (Å²) in [6, 6.07) is 12.8. The van der Waals surface area contributed by atoms with E-state index in [1.165, 1.54) is 0 Å². The fraction of sp³-hybridized carbons (Fsp3) is 0.346. The van der Waals surface area contributed by atoms with Gasteiger partial charge in [-0.15, -0.1) is 0 Å². The van der Waals surface area contributed by atoms with E-state index in [-0.39, 0.29) is 30.4 Å². The lowest BCUT2D eigenvalue weighted by Crippen LogP contribution is -2.50. The Kier molecular flexibility index (Phi) is 6.49. The largest absolute Gasteiger partial charge is 0.339 e. The molecule has 1 fully saturated rings. The maximum Gasteiger partial charge on any atom is 0.254 e. The number of fused-ring (bicyclic) bond motifs is 1. The summed E-state index contributed by atoms with van der Waals surface area (Å²) in [4.78, 5) is 50.5. The van der Waals surface area contributed by atoms with Crippen molar-refractivity contribution in [3.63, 3.8) is 0 Å². The minimum atomic E-state index is -0.0708. The summed E-state index contributed by atoms with van der Waals surface area (Å²) in [6.07, 6.45) is 0.376. The van der Waals surface area contributed by atoms with Gasteiger partial charge < -0.3 is 9.80 Å². The SMILES string of the molecule is Cc1ccc(C(=O)CCC(=O)N2CCN(C(=O)c3ccc4nc(C)c(C)nc4c3)CC2)cc1. The van der Waals surface area contributed by atoms with E-state index in [1.54, 1.807) is 34.1 Å². The van der Waals surface area contributed by atoms with Crippen molar-refractivity contribution < 1.29 is 14.4 Å². The minimum Gasteiger partial charge on any atom is -0.339 e. The summed E-state index contributed by atoms with van der Waals surface area (Å²) in [7, 11) is 0. The van der Waals surface area contributed by atoms with Crippen LogP contribution < -0.4 is 0 Å². The molecule has 0 unspecified atom stereocenters. The monoisotopic (exact) mass is 444 g/mol. The van der Waals surface area contributed by atoms with Crippen LogP contribution >= 0.6 is 0 Å². The van der Waals surface area contributed by atoms with Crippen LogP contribution in [0, 0.1) is 20.8 Å². The van der Waals surface area contributed by atoms with Gasteiger partial charge in [0.1, 0.15) is 0 Å². The third-order valence-corrected chi connectivity index (χ3v) is 6.18. The number of rotatable bonds is 5. The fourth-order valence-corrected chi connectivity index (χ4v) is 3.97. The number of nitrogens with zero attached hydrogens (tertiary/aromatic N) is 4. The van der Waals surface area contributed by atoms with Crippen molar-refractivity contribution in [1.82, 2.24) is 19.8 Å². The number of benzene rings is 2. The number of ketones is 1. The van der Waals surface area contributed by atoms with Gasteiger partial charge >= 0.3 is 0 Å². The molecule has 0 spiro atoms. The summed E-state index contributed by atoms with van der Waals surface area (Å²) in [6.45, 7) is 7.66. The van der Waals surface area contributed by atoms with Crippen molar-refractivity contribution >= 4 is 28.6 Å². The van der Waals surface area contributed by atoms with Crippen LogP contribution in [0.2, 0.25) is 0 Å². The van der Waals surface area contributed by atoms with Gasteiger partial charge in [0, 0.05) is 50.1 Å². The molecule has 1 aliphatic heterocycles. The molecule has 7 nitrogen and oxygen atoms in total. The van der Waals surface area contributed by atoms with Crippen LogP contribution in [-0.4, -0.2) is 63.5 Å². The minimum absolute atomic E-state index is 0.0259. The Labute approximate surface area is 193 Å². The molecule has 7 heteroatoms. The van der Waals surface area contributed by atoms with E-state index in [9.17, 15) is 14.4 Å². The molecule has 4 rings (SSSR count). The maximum atomic E-state index is 13.0. The molecule has 3 aromatic rings. The molecule has 0 atom stereocenters. The average Bonchev–Trinajstić information content (AvgIpc) is 2.83. The molecule has 1 aromatic heterocycles. The lowest BCUT2D eigenvalue weighted by Gasteiger charge is -2.35. The Morgan fingerprint density at radius 2 is 1.30 bits per heavy atom. The Balaban J connectivity index is 1.31. The molecule has 0 N–H and O–H groups in total. The normalized spacial score (nSPS) is 13.9. The topological polar surface area (TPSA) is 83.5 Å². The second-order valence-electron chi connectivity index (χ2n) is 8.56. The van der Waals surface area contributed by atoms with Gasteiger partial charge in [-0.3, -0.25) is 14.4 Å². The van der Waals surface area contributed by atoms with Gasteiger partial charge in [-0.05, 0) is 39.0 Å². The molecule has 33 heavy (non-hydrogen) atoms. The summed E-state index contributed by atoms with van der Waals surface area (Å²) in [5, 5.41) is 0. The van der Waals surface area contributed by atoms with Crippen molar-refractivity contribution in [2.24, 2.45) is 0 Å². The molecule has 0 bridgehead atoms. The van der Waals surface area contributed by atoms with Crippen LogP contribution in [0.25, 0.3) is 11.0 Å². The van der Waals surface area contributed by atoms with Gasteiger partial charge in [0.2, 0.25) is 5.91 Å². The summed E-state index contributed by atoms with van der Waals surface area (Å²) >= 11 is 0. The lowest BCUT2D eigenvalue weighted by molar-refractivity contribution is -0.132. The smallest absolute Gasteiger partial charge is 0.254 e. The highest BCUT2D eigenvalue weighted by Crippen LogP contribution is 2.17. The molecule has 0 saturated carbocycles. The average molecular weight is 445 g/mol. The molecule has 2 heterocycles. The first kappa shape index (κ1) is 22.6. The highest BCUT2D eigenvalue weighted by Gasteiger charge is 2.25. The van der Waals surface area contributed by atoms with Crippen LogP contribution in [0.3, 0.4) is 0 Å². The zero-order valence-electron chi connectivity index (χ0n) is 19.3. The van der Waals surface area contributed by atoms with Gasteiger partial charge in [-0.25, -0.2) is 9.97 Å². The Morgan fingerprint density at radius 1 is 0.727 bits per heavy atom. The highest BCUT2D eigenvalue weighted by atomic mass is 16.2. The molecular weight excluding hydrogens is 416 g/mol. The molecule has 0 aliphatic carbocycles. The number of piperazine rings is 1. The van der Waals surface area contributed by atoms with E-state index < -0.39 is 0 Å². The molecule has 2 aromatic carbocycles. The van der Waals surface area contributed by atoms with Crippen LogP contribution in [0.4, 0.5) is 0 Å². The van der Waals surface area contributed by atoms with E-state index in [2.05, 4.69) is 9.97 Å². The number of Topliss-reactive ketones (excluding diaryl/α,β-unsaturated/α-hetero) is 1. The standard InChI is InChI=1S/C26H28N4O3/c1-17-4-6-20(7-5-17)24(31)10-11-25(32)29-12-14-30(15-13-29)26(33)21-8-9-22-23(16-21)28-19(3)18(2)27-22/h4-9,16H,10-15H2,1-3H3. The van der Waals surface area contributed by atoms with Crippen molar-refractivity contribution in [3.8, 4) is 0 Å². The van der Waals surface area contributed by atoms with E-state index in [4.69, 9.17) is 0 Å². The van der Waals surface area contributed by atoms with Crippen molar-refractivity contribution in [2.75, 3.05) is 26.2 Å². The maximum absolute atomic E-state index is 13.0. The number of carbonyl (C=O) groups is 3. The zero-order chi connectivity index (χ0) is 23.5. The van der Waals surface area contributed by atoms with Gasteiger partial charge in [0.05, 0.1) is 22.4 Å². The fourth-order valence-electron chi connectivity index (χ4n) is 3.97. The van der Waals surface area contributed by atoms with Crippen molar-refractivity contribution in [2.45, 2.75) is 33.6 Å². The number of amides is 2.